The molecule has 4 rings (SSSR count). The van der Waals surface area contributed by atoms with Crippen LogP contribution in [0.5, 0.6) is 5.88 Å². The van der Waals surface area contributed by atoms with Crippen LogP contribution in [0, 0.1) is 12.7 Å². The number of aryl methyl sites for hydroxylation is 1. The summed E-state index contributed by atoms with van der Waals surface area (Å²) in [6.45, 7) is 3.40. The van der Waals surface area contributed by atoms with Gasteiger partial charge in [-0.2, -0.15) is 10.1 Å². The fourth-order valence-corrected chi connectivity index (χ4v) is 4.12. The van der Waals surface area contributed by atoms with E-state index in [9.17, 15) is 4.39 Å². The molecule has 0 fully saturated rings. The number of aromatic amines is 1. The first-order valence-electron chi connectivity index (χ1n) is 10.4. The number of fused-ring (bicyclic) bond motifs is 1. The number of ether oxygens (including phenoxy) is 1. The monoisotopic (exact) mass is 486 g/mol. The highest BCUT2D eigenvalue weighted by molar-refractivity contribution is 8.00. The third kappa shape index (κ3) is 5.73. The summed E-state index contributed by atoms with van der Waals surface area (Å²) in [6.07, 6.45) is 0.885. The van der Waals surface area contributed by atoms with Crippen molar-refractivity contribution in [2.24, 2.45) is 0 Å². The predicted molar refractivity (Wildman–Crippen MR) is 131 cm³/mol. The predicted octanol–water partition coefficient (Wildman–Crippen LogP) is 5.57. The van der Waals surface area contributed by atoms with E-state index >= 15 is 0 Å². The third-order valence-corrected chi connectivity index (χ3v) is 5.97. The minimum atomic E-state index is -0.331. The summed E-state index contributed by atoms with van der Waals surface area (Å²) in [5, 5.41) is 8.53. The van der Waals surface area contributed by atoms with Gasteiger partial charge in [0, 0.05) is 28.5 Å². The quantitative estimate of drug-likeness (QED) is 0.236. The van der Waals surface area contributed by atoms with E-state index in [2.05, 4.69) is 29.8 Å². The van der Waals surface area contributed by atoms with Gasteiger partial charge in [0.15, 0.2) is 11.5 Å². The van der Waals surface area contributed by atoms with Crippen LogP contribution in [0.3, 0.4) is 0 Å². The van der Waals surface area contributed by atoms with Gasteiger partial charge in [0.05, 0.1) is 11.5 Å². The van der Waals surface area contributed by atoms with Gasteiger partial charge in [-0.25, -0.2) is 9.37 Å². The van der Waals surface area contributed by atoms with Crippen LogP contribution < -0.4 is 9.46 Å². The van der Waals surface area contributed by atoms with E-state index in [-0.39, 0.29) is 5.82 Å². The molecule has 4 aromatic rings. The fraction of sp³-hybridized carbons (Fsp3) is 0.261. The molecule has 0 aliphatic heterocycles. The second-order valence-corrected chi connectivity index (χ2v) is 9.05. The highest BCUT2D eigenvalue weighted by Gasteiger charge is 2.15. The van der Waals surface area contributed by atoms with Crippen LogP contribution in [0.1, 0.15) is 12.1 Å². The first-order chi connectivity index (χ1) is 15.9. The number of hydrogen-bond acceptors (Lipinski definition) is 7. The van der Waals surface area contributed by atoms with Crippen molar-refractivity contribution in [1.29, 1.82) is 0 Å². The first-order valence-corrected chi connectivity index (χ1v) is 11.6. The lowest BCUT2D eigenvalue weighted by molar-refractivity contribution is 0.276. The maximum Gasteiger partial charge on any atom is 0.228 e. The summed E-state index contributed by atoms with van der Waals surface area (Å²) < 4.78 is 23.0. The number of halogens is 2. The van der Waals surface area contributed by atoms with Crippen molar-refractivity contribution >= 4 is 40.3 Å². The smallest absolute Gasteiger partial charge is 0.228 e. The molecule has 2 heterocycles. The molecule has 0 saturated heterocycles. The van der Waals surface area contributed by atoms with Gasteiger partial charge in [0.25, 0.3) is 0 Å². The van der Waals surface area contributed by atoms with E-state index in [0.717, 1.165) is 47.2 Å². The molecule has 172 valence electrons. The van der Waals surface area contributed by atoms with Crippen LogP contribution in [-0.2, 0) is 0 Å². The molecular weight excluding hydrogens is 463 g/mol. The lowest BCUT2D eigenvalue weighted by atomic mass is 10.2. The second-order valence-electron chi connectivity index (χ2n) is 7.76. The number of nitrogens with zero attached hydrogens (tertiary/aromatic N) is 4. The van der Waals surface area contributed by atoms with Crippen molar-refractivity contribution in [1.82, 2.24) is 25.1 Å². The minimum Gasteiger partial charge on any atom is -0.477 e. The Labute approximate surface area is 200 Å². The van der Waals surface area contributed by atoms with Gasteiger partial charge in [0.2, 0.25) is 5.88 Å². The molecule has 0 spiro atoms. The standard InChI is InChI=1S/C23H24ClFN6OS/c1-14-20-22(29-28-14)26-21(27-23(20)32-12-4-11-31(2)3)15-5-8-17(9-6-15)30-33-19-13-16(24)7-10-18(19)25/h5-10,13,30H,4,11-12H2,1-3H3,(H,26,27,28,29). The molecule has 0 bridgehead atoms. The molecule has 0 radical (unpaired) electrons. The number of rotatable bonds is 9. The maximum absolute atomic E-state index is 13.9. The molecule has 0 aliphatic carbocycles. The van der Waals surface area contributed by atoms with E-state index in [1.165, 1.54) is 12.1 Å². The van der Waals surface area contributed by atoms with Crippen molar-refractivity contribution < 1.29 is 9.13 Å². The van der Waals surface area contributed by atoms with Crippen LogP contribution >= 0.6 is 23.5 Å². The molecule has 0 atom stereocenters. The minimum absolute atomic E-state index is 0.331. The first kappa shape index (κ1) is 23.3. The molecule has 2 N–H and O–H groups in total. The Hall–Kier alpha value is -2.88. The highest BCUT2D eigenvalue weighted by Crippen LogP contribution is 2.30. The number of anilines is 1. The van der Waals surface area contributed by atoms with Crippen LogP contribution in [0.25, 0.3) is 22.4 Å². The molecule has 10 heteroatoms. The topological polar surface area (TPSA) is 79.0 Å². The van der Waals surface area contributed by atoms with E-state index in [0.29, 0.717) is 33.9 Å². The molecule has 0 amide bonds. The van der Waals surface area contributed by atoms with Crippen LogP contribution in [-0.4, -0.2) is 52.3 Å². The Morgan fingerprint density at radius 3 is 2.70 bits per heavy atom. The van der Waals surface area contributed by atoms with Gasteiger partial charge in [-0.3, -0.25) is 5.10 Å². The molecule has 2 aromatic heterocycles. The second kappa shape index (κ2) is 10.4. The van der Waals surface area contributed by atoms with E-state index in [4.69, 9.17) is 16.3 Å². The average molecular weight is 487 g/mol. The Morgan fingerprint density at radius 2 is 1.94 bits per heavy atom. The van der Waals surface area contributed by atoms with Crippen molar-refractivity contribution in [2.45, 2.75) is 18.2 Å². The summed E-state index contributed by atoms with van der Waals surface area (Å²) in [5.41, 5.74) is 3.05. The Morgan fingerprint density at radius 1 is 1.15 bits per heavy atom. The Bertz CT molecular complexity index is 1250. The SMILES string of the molecule is Cc1[nH]nc2nc(-c3ccc(NSc4cc(Cl)ccc4F)cc3)nc(OCCCN(C)C)c12. The number of H-pyrrole nitrogens is 1. The summed E-state index contributed by atoms with van der Waals surface area (Å²) in [6, 6.07) is 12.0. The molecule has 33 heavy (non-hydrogen) atoms. The van der Waals surface area contributed by atoms with Crippen LogP contribution in [0.4, 0.5) is 10.1 Å². The summed E-state index contributed by atoms with van der Waals surface area (Å²) in [4.78, 5) is 11.8. The van der Waals surface area contributed by atoms with Crippen molar-refractivity contribution in [2.75, 3.05) is 32.0 Å². The van der Waals surface area contributed by atoms with Gasteiger partial charge in [0.1, 0.15) is 11.2 Å². The zero-order valence-corrected chi connectivity index (χ0v) is 20.1. The van der Waals surface area contributed by atoms with Gasteiger partial charge in [-0.1, -0.05) is 11.6 Å². The third-order valence-electron chi connectivity index (χ3n) is 4.86. The van der Waals surface area contributed by atoms with Crippen molar-refractivity contribution in [3.8, 4) is 17.3 Å². The lowest BCUT2D eigenvalue weighted by Crippen LogP contribution is -2.15. The zero-order chi connectivity index (χ0) is 23.4. The van der Waals surface area contributed by atoms with E-state index in [1.54, 1.807) is 6.07 Å². The summed E-state index contributed by atoms with van der Waals surface area (Å²) in [5.74, 6) is 0.716. The van der Waals surface area contributed by atoms with Gasteiger partial charge >= 0.3 is 0 Å². The molecule has 2 aromatic carbocycles. The van der Waals surface area contributed by atoms with Gasteiger partial charge in [-0.15, -0.1) is 0 Å². The van der Waals surface area contributed by atoms with Crippen molar-refractivity contribution in [3.63, 3.8) is 0 Å². The number of hydrogen-bond donors (Lipinski definition) is 2. The van der Waals surface area contributed by atoms with E-state index < -0.39 is 0 Å². The number of aromatic nitrogens is 4. The Kier molecular flexibility index (Phi) is 7.32. The summed E-state index contributed by atoms with van der Waals surface area (Å²) >= 11 is 7.11. The molecule has 0 unspecified atom stereocenters. The maximum atomic E-state index is 13.9. The highest BCUT2D eigenvalue weighted by atomic mass is 35.5. The average Bonchev–Trinajstić information content (AvgIpc) is 3.18. The molecule has 0 aliphatic rings. The molecule has 0 saturated carbocycles. The lowest BCUT2D eigenvalue weighted by Gasteiger charge is -2.11. The van der Waals surface area contributed by atoms with Crippen LogP contribution in [0.2, 0.25) is 5.02 Å². The fourth-order valence-electron chi connectivity index (χ4n) is 3.17. The van der Waals surface area contributed by atoms with Gasteiger partial charge < -0.3 is 14.4 Å². The molecular formula is C23H24ClFN6OS. The number of nitrogens with one attached hydrogen (secondary N) is 2. The van der Waals surface area contributed by atoms with E-state index in [1.807, 2.05) is 45.3 Å². The normalized spacial score (nSPS) is 11.3. The largest absolute Gasteiger partial charge is 0.477 e. The molecule has 7 nitrogen and oxygen atoms in total. The van der Waals surface area contributed by atoms with Crippen LogP contribution in [0.15, 0.2) is 47.4 Å². The zero-order valence-electron chi connectivity index (χ0n) is 18.5. The summed E-state index contributed by atoms with van der Waals surface area (Å²) in [7, 11) is 4.06. The van der Waals surface area contributed by atoms with Crippen molar-refractivity contribution in [3.05, 3.63) is 59.0 Å². The van der Waals surface area contributed by atoms with Gasteiger partial charge in [-0.05, 0) is 81.9 Å². The Balaban J connectivity index is 1.51. The number of benzene rings is 2.